The summed E-state index contributed by atoms with van der Waals surface area (Å²) in [4.78, 5) is 16.2. The molecule has 1 aromatic rings. The summed E-state index contributed by atoms with van der Waals surface area (Å²) in [5, 5.41) is 9.91. The summed E-state index contributed by atoms with van der Waals surface area (Å²) in [7, 11) is 0. The zero-order valence-corrected chi connectivity index (χ0v) is 8.13. The average molecular weight is 166 g/mol. The second-order valence-electron chi connectivity index (χ2n) is 1.63. The van der Waals surface area contributed by atoms with Gasteiger partial charge in [0.2, 0.25) is 0 Å². The molecule has 0 atom stereocenters. The molecule has 1 heterocycles. The van der Waals surface area contributed by atoms with Gasteiger partial charge in [-0.15, -0.1) is 0 Å². The largest absolute Gasteiger partial charge is 1.00 e. The monoisotopic (exact) mass is 166 g/mol. The van der Waals surface area contributed by atoms with Crippen LogP contribution in [-0.4, -0.2) is 21.4 Å². The number of nitrogens with one attached hydrogen (secondary N) is 1. The van der Waals surface area contributed by atoms with Crippen molar-refractivity contribution in [3.8, 4) is 0 Å². The third-order valence-corrected chi connectivity index (χ3v) is 0.890. The Balaban J connectivity index is 0. The van der Waals surface area contributed by atoms with E-state index < -0.39 is 5.97 Å². The van der Waals surface area contributed by atoms with E-state index in [1.807, 2.05) is 0 Å². The van der Waals surface area contributed by atoms with Crippen LogP contribution in [0.1, 0.15) is 5.69 Å². The Morgan fingerprint density at radius 2 is 2.36 bits per heavy atom. The molecule has 0 bridgehead atoms. The molecule has 56 valence electrons. The molecule has 6 heteroatoms. The molecule has 0 saturated carbocycles. The van der Waals surface area contributed by atoms with Crippen molar-refractivity contribution in [2.75, 3.05) is 0 Å². The van der Waals surface area contributed by atoms with Gasteiger partial charge in [0.05, 0.1) is 6.33 Å². The number of imidazole rings is 1. The van der Waals surface area contributed by atoms with Gasteiger partial charge in [0.1, 0.15) is 0 Å². The van der Waals surface area contributed by atoms with Gasteiger partial charge in [-0.1, -0.05) is 0 Å². The summed E-state index contributed by atoms with van der Waals surface area (Å²) in [5.74, 6) is -1.10. The van der Waals surface area contributed by atoms with Crippen molar-refractivity contribution in [1.29, 1.82) is 0 Å². The minimum absolute atomic E-state index is 0. The zero-order valence-electron chi connectivity index (χ0n) is 6.13. The van der Waals surface area contributed by atoms with Crippen molar-refractivity contribution in [2.45, 2.75) is 6.42 Å². The quantitative estimate of drug-likeness (QED) is 0.444. The average Bonchev–Trinajstić information content (AvgIpc) is 2.15. The molecule has 5 nitrogen and oxygen atoms in total. The number of nitrogens with zero attached hydrogens (tertiary/aromatic N) is 1. The van der Waals surface area contributed by atoms with Crippen molar-refractivity contribution in [2.24, 2.45) is 0 Å². The molecule has 0 aliphatic carbocycles. The predicted molar refractivity (Wildman–Crippen MR) is 30.9 cm³/mol. The molecule has 0 saturated heterocycles. The first-order chi connectivity index (χ1) is 4.29. The van der Waals surface area contributed by atoms with Gasteiger partial charge in [0.15, 0.2) is 0 Å². The molecular weight excluding hydrogens is 159 g/mol. The fourth-order valence-corrected chi connectivity index (χ4v) is 0.537. The summed E-state index contributed by atoms with van der Waals surface area (Å²) in [6.07, 6.45) is 2.79. The van der Waals surface area contributed by atoms with Crippen molar-refractivity contribution in [1.82, 2.24) is 9.97 Å². The molecule has 0 unspecified atom stereocenters. The Morgan fingerprint density at radius 3 is 2.73 bits per heavy atom. The standard InChI is InChI=1S/C5H6N2O2.Na.H2O/c8-5(9)1-4-2-6-3-7-4;;/h2-3H,1H2,(H,6,7)(H,8,9);;1H2/q;+1;/p-1. The van der Waals surface area contributed by atoms with E-state index in [-0.39, 0.29) is 41.5 Å². The second kappa shape index (κ2) is 6.36. The van der Waals surface area contributed by atoms with Crippen LogP contribution in [0.4, 0.5) is 0 Å². The number of H-pyrrole nitrogens is 1. The van der Waals surface area contributed by atoms with Gasteiger partial charge in [-0.2, -0.15) is 0 Å². The summed E-state index contributed by atoms with van der Waals surface area (Å²) in [5.41, 5.74) is 0.565. The van der Waals surface area contributed by atoms with Crippen LogP contribution < -0.4 is 34.7 Å². The summed E-state index contributed by atoms with van der Waals surface area (Å²) >= 11 is 0. The van der Waals surface area contributed by atoms with E-state index in [2.05, 4.69) is 9.97 Å². The minimum Gasteiger partial charge on any atom is -0.550 e. The van der Waals surface area contributed by atoms with Crippen molar-refractivity contribution in [3.63, 3.8) is 0 Å². The van der Waals surface area contributed by atoms with Gasteiger partial charge >= 0.3 is 29.6 Å². The molecular formula is C5H7N2NaO3. The van der Waals surface area contributed by atoms with Crippen LogP contribution in [-0.2, 0) is 11.2 Å². The van der Waals surface area contributed by atoms with E-state index in [4.69, 9.17) is 0 Å². The molecule has 0 aromatic carbocycles. The van der Waals surface area contributed by atoms with Crippen LogP contribution in [0.25, 0.3) is 0 Å². The normalized spacial score (nSPS) is 7.64. The van der Waals surface area contributed by atoms with Crippen LogP contribution in [0.15, 0.2) is 12.5 Å². The fourth-order valence-electron chi connectivity index (χ4n) is 0.537. The number of aliphatic carboxylic acids is 1. The first-order valence-electron chi connectivity index (χ1n) is 2.46. The minimum atomic E-state index is -1.10. The number of hydrogen-bond acceptors (Lipinski definition) is 3. The Labute approximate surface area is 85.4 Å². The number of carboxylic acid groups (broad SMARTS) is 1. The van der Waals surface area contributed by atoms with Crippen LogP contribution in [0.2, 0.25) is 0 Å². The van der Waals surface area contributed by atoms with E-state index >= 15 is 0 Å². The molecule has 1 aromatic heterocycles. The van der Waals surface area contributed by atoms with E-state index in [9.17, 15) is 9.90 Å². The molecule has 0 radical (unpaired) electrons. The molecule has 0 amide bonds. The van der Waals surface area contributed by atoms with Gasteiger partial charge in [-0.25, -0.2) is 4.98 Å². The Bertz CT molecular complexity index is 200. The van der Waals surface area contributed by atoms with Crippen molar-refractivity contribution >= 4 is 5.97 Å². The third-order valence-electron chi connectivity index (χ3n) is 0.890. The SMILES string of the molecule is O.O=C([O-])Cc1cnc[nH]1.[Na+]. The number of carboxylic acids is 1. The first kappa shape index (κ1) is 13.2. The zero-order chi connectivity index (χ0) is 6.69. The van der Waals surface area contributed by atoms with Crippen LogP contribution in [0.5, 0.6) is 0 Å². The molecule has 0 spiro atoms. The van der Waals surface area contributed by atoms with Gasteiger partial charge in [0, 0.05) is 24.3 Å². The number of carbonyl (C=O) groups is 1. The third kappa shape index (κ3) is 4.97. The maximum absolute atomic E-state index is 9.91. The number of aromatic amines is 1. The topological polar surface area (TPSA) is 100 Å². The Hall–Kier alpha value is -0.360. The van der Waals surface area contributed by atoms with Gasteiger partial charge in [-0.05, 0) is 0 Å². The van der Waals surface area contributed by atoms with Crippen molar-refractivity contribution < 1.29 is 44.9 Å². The first-order valence-corrected chi connectivity index (χ1v) is 2.46. The molecule has 11 heavy (non-hydrogen) atoms. The maximum atomic E-state index is 9.91. The smallest absolute Gasteiger partial charge is 0.550 e. The van der Waals surface area contributed by atoms with Crippen LogP contribution in [0.3, 0.4) is 0 Å². The van der Waals surface area contributed by atoms with Gasteiger partial charge < -0.3 is 20.4 Å². The van der Waals surface area contributed by atoms with Gasteiger partial charge in [0.25, 0.3) is 0 Å². The Morgan fingerprint density at radius 1 is 1.73 bits per heavy atom. The predicted octanol–water partition coefficient (Wildman–Crippen LogP) is -5.12. The molecule has 0 aliphatic heterocycles. The number of hydrogen-bond donors (Lipinski definition) is 1. The maximum Gasteiger partial charge on any atom is 1.00 e. The molecule has 3 N–H and O–H groups in total. The summed E-state index contributed by atoms with van der Waals surface area (Å²) in [6.45, 7) is 0. The molecule has 0 aliphatic rings. The van der Waals surface area contributed by atoms with Crippen molar-refractivity contribution in [3.05, 3.63) is 18.2 Å². The van der Waals surface area contributed by atoms with Crippen LogP contribution in [0, 0.1) is 0 Å². The Kier molecular flexibility index (Phi) is 7.65. The fraction of sp³-hybridized carbons (Fsp3) is 0.200. The van der Waals surface area contributed by atoms with E-state index in [1.54, 1.807) is 0 Å². The van der Waals surface area contributed by atoms with E-state index in [0.29, 0.717) is 5.69 Å². The number of carbonyl (C=O) groups excluding carboxylic acids is 1. The van der Waals surface area contributed by atoms with Crippen LogP contribution >= 0.6 is 0 Å². The van der Waals surface area contributed by atoms with Gasteiger partial charge in [-0.3, -0.25) is 0 Å². The second-order valence-corrected chi connectivity index (χ2v) is 1.63. The van der Waals surface area contributed by atoms with E-state index in [1.165, 1.54) is 12.5 Å². The molecule has 0 fully saturated rings. The summed E-state index contributed by atoms with van der Waals surface area (Å²) < 4.78 is 0. The van der Waals surface area contributed by atoms with E-state index in [0.717, 1.165) is 0 Å². The summed E-state index contributed by atoms with van der Waals surface area (Å²) in [6, 6.07) is 0. The molecule has 1 rings (SSSR count). The number of aromatic nitrogens is 2. The number of rotatable bonds is 2.